The molecule has 150 valence electrons. The van der Waals surface area contributed by atoms with E-state index in [2.05, 4.69) is 10.9 Å². The van der Waals surface area contributed by atoms with E-state index in [-0.39, 0.29) is 5.91 Å². The summed E-state index contributed by atoms with van der Waals surface area (Å²) in [5.41, 5.74) is 4.81. The number of hydrazine groups is 1. The van der Waals surface area contributed by atoms with Gasteiger partial charge < -0.3 is 9.47 Å². The SMILES string of the molecule is CCOc1ccc(OC(C)C(=O)NNC(=O)C(C)Sc2ccc(Cl)cc2)cc1. The van der Waals surface area contributed by atoms with Crippen molar-refractivity contribution in [3.05, 3.63) is 53.6 Å². The van der Waals surface area contributed by atoms with Crippen molar-refractivity contribution in [3.8, 4) is 11.5 Å². The van der Waals surface area contributed by atoms with E-state index < -0.39 is 17.3 Å². The number of hydrogen-bond acceptors (Lipinski definition) is 5. The number of ether oxygens (including phenoxy) is 2. The van der Waals surface area contributed by atoms with E-state index in [4.69, 9.17) is 21.1 Å². The second-order valence-corrected chi connectivity index (χ2v) is 7.71. The summed E-state index contributed by atoms with van der Waals surface area (Å²) in [5, 5.41) is 0.235. The first kappa shape index (κ1) is 21.9. The molecule has 28 heavy (non-hydrogen) atoms. The molecule has 0 heterocycles. The Morgan fingerprint density at radius 3 is 2.14 bits per heavy atom. The topological polar surface area (TPSA) is 76.7 Å². The lowest BCUT2D eigenvalue weighted by Gasteiger charge is -2.17. The van der Waals surface area contributed by atoms with E-state index in [0.717, 1.165) is 10.6 Å². The Kier molecular flexibility index (Phi) is 8.47. The molecule has 8 heteroatoms. The minimum Gasteiger partial charge on any atom is -0.494 e. The van der Waals surface area contributed by atoms with Crippen molar-refractivity contribution in [1.82, 2.24) is 10.9 Å². The van der Waals surface area contributed by atoms with Crippen molar-refractivity contribution in [3.63, 3.8) is 0 Å². The quantitative estimate of drug-likeness (QED) is 0.499. The summed E-state index contributed by atoms with van der Waals surface area (Å²) in [6.45, 7) is 5.83. The Labute approximate surface area is 173 Å². The van der Waals surface area contributed by atoms with E-state index in [1.165, 1.54) is 11.8 Å². The Bertz CT molecular complexity index is 784. The highest BCUT2D eigenvalue weighted by molar-refractivity contribution is 8.00. The summed E-state index contributed by atoms with van der Waals surface area (Å²) in [5.74, 6) is 0.489. The summed E-state index contributed by atoms with van der Waals surface area (Å²) >= 11 is 7.21. The van der Waals surface area contributed by atoms with E-state index >= 15 is 0 Å². The van der Waals surface area contributed by atoms with Crippen LogP contribution in [-0.4, -0.2) is 29.8 Å². The highest BCUT2D eigenvalue weighted by Gasteiger charge is 2.18. The number of amides is 2. The molecule has 0 spiro atoms. The molecule has 0 aromatic heterocycles. The molecule has 0 bridgehead atoms. The number of hydrogen-bond donors (Lipinski definition) is 2. The van der Waals surface area contributed by atoms with E-state index in [1.54, 1.807) is 50.2 Å². The first-order valence-electron chi connectivity index (χ1n) is 8.80. The molecule has 2 atom stereocenters. The summed E-state index contributed by atoms with van der Waals surface area (Å²) in [6, 6.07) is 14.2. The molecule has 0 aliphatic rings. The van der Waals surface area contributed by atoms with Gasteiger partial charge in [0.25, 0.3) is 11.8 Å². The van der Waals surface area contributed by atoms with Crippen LogP contribution >= 0.6 is 23.4 Å². The molecular weight excluding hydrogens is 400 g/mol. The standard InChI is InChI=1S/C20H23ClN2O4S/c1-4-26-16-7-9-17(10-8-16)27-13(2)19(24)22-23-20(25)14(3)28-18-11-5-15(21)6-12-18/h5-14H,4H2,1-3H3,(H,22,24)(H,23,25). The fraction of sp³-hybridized carbons (Fsp3) is 0.300. The first-order valence-corrected chi connectivity index (χ1v) is 10.1. The number of rotatable bonds is 8. The lowest BCUT2D eigenvalue weighted by molar-refractivity contribution is -0.132. The van der Waals surface area contributed by atoms with Crippen molar-refractivity contribution in [1.29, 1.82) is 0 Å². The summed E-state index contributed by atoms with van der Waals surface area (Å²) in [6.07, 6.45) is -0.780. The average Bonchev–Trinajstić information content (AvgIpc) is 2.69. The summed E-state index contributed by atoms with van der Waals surface area (Å²) in [4.78, 5) is 25.2. The Balaban J connectivity index is 1.78. The Morgan fingerprint density at radius 1 is 0.964 bits per heavy atom. The molecule has 0 fully saturated rings. The normalized spacial score (nSPS) is 12.6. The van der Waals surface area contributed by atoms with Gasteiger partial charge in [0.2, 0.25) is 0 Å². The predicted octanol–water partition coefficient (Wildman–Crippen LogP) is 3.83. The Morgan fingerprint density at radius 2 is 1.54 bits per heavy atom. The maximum absolute atomic E-state index is 12.2. The van der Waals surface area contributed by atoms with Crippen LogP contribution in [0.1, 0.15) is 20.8 Å². The van der Waals surface area contributed by atoms with Crippen LogP contribution < -0.4 is 20.3 Å². The zero-order valence-corrected chi connectivity index (χ0v) is 17.5. The van der Waals surface area contributed by atoms with Crippen LogP contribution in [0.15, 0.2) is 53.4 Å². The third-order valence-corrected chi connectivity index (χ3v) is 4.99. The minimum atomic E-state index is -0.780. The number of nitrogens with one attached hydrogen (secondary N) is 2. The zero-order valence-electron chi connectivity index (χ0n) is 15.9. The maximum Gasteiger partial charge on any atom is 0.279 e. The number of carbonyl (C=O) groups is 2. The van der Waals surface area contributed by atoms with Crippen LogP contribution in [0.5, 0.6) is 11.5 Å². The van der Waals surface area contributed by atoms with E-state index in [9.17, 15) is 9.59 Å². The van der Waals surface area contributed by atoms with Gasteiger partial charge in [-0.25, -0.2) is 0 Å². The number of benzene rings is 2. The average molecular weight is 423 g/mol. The lowest BCUT2D eigenvalue weighted by atomic mass is 10.3. The van der Waals surface area contributed by atoms with Gasteiger partial charge in [-0.1, -0.05) is 11.6 Å². The van der Waals surface area contributed by atoms with Gasteiger partial charge in [0, 0.05) is 9.92 Å². The molecule has 0 radical (unpaired) electrons. The van der Waals surface area contributed by atoms with E-state index in [0.29, 0.717) is 17.4 Å². The molecular formula is C20H23ClN2O4S. The van der Waals surface area contributed by atoms with Crippen molar-refractivity contribution in [2.45, 2.75) is 37.0 Å². The largest absolute Gasteiger partial charge is 0.494 e. The molecule has 2 aromatic rings. The van der Waals surface area contributed by atoms with Crippen LogP contribution in [0.25, 0.3) is 0 Å². The van der Waals surface area contributed by atoms with Gasteiger partial charge in [0.15, 0.2) is 6.10 Å². The third-order valence-electron chi connectivity index (χ3n) is 3.62. The molecule has 2 amide bonds. The summed E-state index contributed by atoms with van der Waals surface area (Å²) < 4.78 is 10.9. The van der Waals surface area contributed by atoms with Crippen molar-refractivity contribution in [2.75, 3.05) is 6.61 Å². The van der Waals surface area contributed by atoms with Crippen LogP contribution in [0.3, 0.4) is 0 Å². The van der Waals surface area contributed by atoms with Crippen LogP contribution in [-0.2, 0) is 9.59 Å². The smallest absolute Gasteiger partial charge is 0.279 e. The van der Waals surface area contributed by atoms with Gasteiger partial charge in [-0.2, -0.15) is 0 Å². The minimum absolute atomic E-state index is 0.318. The molecule has 0 aliphatic heterocycles. The highest BCUT2D eigenvalue weighted by Crippen LogP contribution is 2.24. The van der Waals surface area contributed by atoms with Crippen LogP contribution in [0.4, 0.5) is 0 Å². The first-order chi connectivity index (χ1) is 13.4. The second kappa shape index (κ2) is 10.8. The van der Waals surface area contributed by atoms with Crippen LogP contribution in [0.2, 0.25) is 5.02 Å². The van der Waals surface area contributed by atoms with Gasteiger partial charge in [0.1, 0.15) is 11.5 Å². The molecule has 0 saturated carbocycles. The lowest BCUT2D eigenvalue weighted by Crippen LogP contribution is -2.49. The zero-order chi connectivity index (χ0) is 20.5. The fourth-order valence-corrected chi connectivity index (χ4v) is 3.13. The second-order valence-electron chi connectivity index (χ2n) is 5.86. The van der Waals surface area contributed by atoms with Gasteiger partial charge >= 0.3 is 0 Å². The number of thioether (sulfide) groups is 1. The Hall–Kier alpha value is -2.38. The van der Waals surface area contributed by atoms with E-state index in [1.807, 2.05) is 19.1 Å². The summed E-state index contributed by atoms with van der Waals surface area (Å²) in [7, 11) is 0. The van der Waals surface area contributed by atoms with Gasteiger partial charge in [-0.3, -0.25) is 20.4 Å². The fourth-order valence-electron chi connectivity index (χ4n) is 2.14. The number of carbonyl (C=O) groups excluding carboxylic acids is 2. The molecule has 0 aliphatic carbocycles. The molecule has 2 unspecified atom stereocenters. The maximum atomic E-state index is 12.2. The highest BCUT2D eigenvalue weighted by atomic mass is 35.5. The van der Waals surface area contributed by atoms with Gasteiger partial charge in [-0.15, -0.1) is 11.8 Å². The molecule has 0 saturated heterocycles. The molecule has 2 rings (SSSR count). The third kappa shape index (κ3) is 6.98. The van der Waals surface area contributed by atoms with Crippen molar-refractivity contribution < 1.29 is 19.1 Å². The van der Waals surface area contributed by atoms with Crippen molar-refractivity contribution in [2.24, 2.45) is 0 Å². The molecule has 2 N–H and O–H groups in total. The van der Waals surface area contributed by atoms with Crippen molar-refractivity contribution >= 4 is 35.2 Å². The molecule has 2 aromatic carbocycles. The van der Waals surface area contributed by atoms with Gasteiger partial charge in [0.05, 0.1) is 11.9 Å². The van der Waals surface area contributed by atoms with Crippen LogP contribution in [0, 0.1) is 0 Å². The monoisotopic (exact) mass is 422 g/mol. The predicted molar refractivity (Wildman–Crippen MR) is 111 cm³/mol. The molecule has 6 nitrogen and oxygen atoms in total. The number of halogens is 1. The van der Waals surface area contributed by atoms with Gasteiger partial charge in [-0.05, 0) is 69.3 Å².